The van der Waals surface area contributed by atoms with Gasteiger partial charge in [0, 0.05) is 31.9 Å². The summed E-state index contributed by atoms with van der Waals surface area (Å²) in [4.78, 5) is 2.29. The Balaban J connectivity index is 1.74. The lowest BCUT2D eigenvalue weighted by Crippen LogP contribution is -2.30. The van der Waals surface area contributed by atoms with E-state index in [0.29, 0.717) is 0 Å². The van der Waals surface area contributed by atoms with Crippen molar-refractivity contribution in [2.45, 2.75) is 18.9 Å². The molecule has 0 heterocycles. The second kappa shape index (κ2) is 4.47. The summed E-state index contributed by atoms with van der Waals surface area (Å²) in [6, 6.07) is 11.3. The molecule has 1 aliphatic carbocycles. The Morgan fingerprint density at radius 3 is 2.64 bits per heavy atom. The highest BCUT2D eigenvalue weighted by molar-refractivity contribution is 5.44. The first kappa shape index (κ1) is 9.53. The van der Waals surface area contributed by atoms with Crippen LogP contribution in [0.5, 0.6) is 0 Å². The number of rotatable bonds is 5. The van der Waals surface area contributed by atoms with Gasteiger partial charge in [0.2, 0.25) is 0 Å². The van der Waals surface area contributed by atoms with Crippen LogP contribution >= 0.6 is 0 Å². The summed E-state index contributed by atoms with van der Waals surface area (Å²) in [5.74, 6) is 0. The molecule has 1 N–H and O–H groups in total. The molecular weight excluding hydrogens is 172 g/mol. The van der Waals surface area contributed by atoms with Gasteiger partial charge in [-0.1, -0.05) is 18.2 Å². The molecule has 2 rings (SSSR count). The Morgan fingerprint density at radius 1 is 1.29 bits per heavy atom. The van der Waals surface area contributed by atoms with Crippen LogP contribution in [-0.2, 0) is 0 Å². The number of anilines is 1. The molecule has 1 fully saturated rings. The van der Waals surface area contributed by atoms with E-state index in [4.69, 9.17) is 0 Å². The predicted octanol–water partition coefficient (Wildman–Crippen LogP) is 1.87. The van der Waals surface area contributed by atoms with Crippen LogP contribution in [0.4, 0.5) is 5.69 Å². The first-order chi connectivity index (χ1) is 6.86. The maximum absolute atomic E-state index is 3.52. The van der Waals surface area contributed by atoms with Crippen LogP contribution < -0.4 is 10.2 Å². The third-order valence-corrected chi connectivity index (χ3v) is 2.65. The van der Waals surface area contributed by atoms with Crippen LogP contribution in [0.1, 0.15) is 12.8 Å². The van der Waals surface area contributed by atoms with Gasteiger partial charge in [-0.05, 0) is 25.0 Å². The minimum atomic E-state index is 0.819. The first-order valence-electron chi connectivity index (χ1n) is 5.36. The largest absolute Gasteiger partial charge is 0.373 e. The summed E-state index contributed by atoms with van der Waals surface area (Å²) in [7, 11) is 2.14. The molecule has 1 aromatic carbocycles. The molecule has 2 heteroatoms. The Labute approximate surface area is 85.9 Å². The van der Waals surface area contributed by atoms with Crippen LogP contribution in [0.2, 0.25) is 0 Å². The Hall–Kier alpha value is -1.02. The summed E-state index contributed by atoms with van der Waals surface area (Å²) in [5, 5.41) is 3.52. The van der Waals surface area contributed by atoms with E-state index in [1.807, 2.05) is 0 Å². The van der Waals surface area contributed by atoms with Gasteiger partial charge in [-0.2, -0.15) is 0 Å². The number of nitrogens with zero attached hydrogens (tertiary/aromatic N) is 1. The van der Waals surface area contributed by atoms with Gasteiger partial charge < -0.3 is 10.2 Å². The second-order valence-electron chi connectivity index (χ2n) is 3.99. The number of likely N-dealkylation sites (N-methyl/N-ethyl adjacent to an activating group) is 1. The normalized spacial score (nSPS) is 15.5. The van der Waals surface area contributed by atoms with Crippen molar-refractivity contribution in [3.8, 4) is 0 Å². The number of benzene rings is 1. The number of nitrogens with one attached hydrogen (secondary N) is 1. The van der Waals surface area contributed by atoms with Gasteiger partial charge >= 0.3 is 0 Å². The lowest BCUT2D eigenvalue weighted by molar-refractivity contribution is 0.675. The third kappa shape index (κ3) is 2.74. The molecule has 1 aromatic rings. The zero-order chi connectivity index (χ0) is 9.80. The second-order valence-corrected chi connectivity index (χ2v) is 3.99. The van der Waals surface area contributed by atoms with Crippen molar-refractivity contribution in [2.75, 3.05) is 25.0 Å². The van der Waals surface area contributed by atoms with Crippen molar-refractivity contribution in [1.82, 2.24) is 5.32 Å². The standard InChI is InChI=1S/C12H18N2/c1-14(10-9-13-11-7-8-11)12-5-3-2-4-6-12/h2-6,11,13H,7-10H2,1H3. The first-order valence-corrected chi connectivity index (χ1v) is 5.36. The van der Waals surface area contributed by atoms with Crippen LogP contribution in [-0.4, -0.2) is 26.2 Å². The van der Waals surface area contributed by atoms with Crippen molar-refractivity contribution < 1.29 is 0 Å². The van der Waals surface area contributed by atoms with Crippen LogP contribution in [0.25, 0.3) is 0 Å². The molecular formula is C12H18N2. The average Bonchev–Trinajstić information content (AvgIpc) is 3.03. The summed E-state index contributed by atoms with van der Waals surface area (Å²) in [6.07, 6.45) is 2.74. The molecule has 0 spiro atoms. The Bertz CT molecular complexity index is 267. The van der Waals surface area contributed by atoms with Gasteiger partial charge in [0.15, 0.2) is 0 Å². The van der Waals surface area contributed by atoms with Crippen LogP contribution in [0.15, 0.2) is 30.3 Å². The van der Waals surface area contributed by atoms with Crippen molar-refractivity contribution in [3.63, 3.8) is 0 Å². The fraction of sp³-hybridized carbons (Fsp3) is 0.500. The molecule has 1 aliphatic rings. The molecule has 0 saturated heterocycles. The van der Waals surface area contributed by atoms with Gasteiger partial charge in [0.1, 0.15) is 0 Å². The van der Waals surface area contributed by atoms with Crippen molar-refractivity contribution in [2.24, 2.45) is 0 Å². The van der Waals surface area contributed by atoms with E-state index in [-0.39, 0.29) is 0 Å². The lowest BCUT2D eigenvalue weighted by Gasteiger charge is -2.19. The fourth-order valence-corrected chi connectivity index (χ4v) is 1.54. The monoisotopic (exact) mass is 190 g/mol. The van der Waals surface area contributed by atoms with Gasteiger partial charge in [-0.25, -0.2) is 0 Å². The number of para-hydroxylation sites is 1. The van der Waals surface area contributed by atoms with E-state index in [0.717, 1.165) is 19.1 Å². The molecule has 0 aromatic heterocycles. The highest BCUT2D eigenvalue weighted by Gasteiger charge is 2.19. The van der Waals surface area contributed by atoms with Crippen molar-refractivity contribution in [1.29, 1.82) is 0 Å². The molecule has 0 unspecified atom stereocenters. The molecule has 0 radical (unpaired) electrons. The van der Waals surface area contributed by atoms with E-state index < -0.39 is 0 Å². The summed E-state index contributed by atoms with van der Waals surface area (Å²) < 4.78 is 0. The highest BCUT2D eigenvalue weighted by Crippen LogP contribution is 2.18. The molecule has 0 amide bonds. The zero-order valence-electron chi connectivity index (χ0n) is 8.74. The molecule has 0 atom stereocenters. The topological polar surface area (TPSA) is 15.3 Å². The average molecular weight is 190 g/mol. The molecule has 0 bridgehead atoms. The van der Waals surface area contributed by atoms with Crippen LogP contribution in [0, 0.1) is 0 Å². The van der Waals surface area contributed by atoms with Crippen LogP contribution in [0.3, 0.4) is 0 Å². The molecule has 14 heavy (non-hydrogen) atoms. The smallest absolute Gasteiger partial charge is 0.0364 e. The van der Waals surface area contributed by atoms with Gasteiger partial charge in [0.25, 0.3) is 0 Å². The minimum Gasteiger partial charge on any atom is -0.373 e. The molecule has 1 saturated carbocycles. The highest BCUT2D eigenvalue weighted by atomic mass is 15.1. The maximum Gasteiger partial charge on any atom is 0.0364 e. The van der Waals surface area contributed by atoms with E-state index in [9.17, 15) is 0 Å². The van der Waals surface area contributed by atoms with Crippen molar-refractivity contribution in [3.05, 3.63) is 30.3 Å². The number of hydrogen-bond acceptors (Lipinski definition) is 2. The molecule has 0 aliphatic heterocycles. The minimum absolute atomic E-state index is 0.819. The van der Waals surface area contributed by atoms with E-state index in [1.54, 1.807) is 0 Å². The lowest BCUT2D eigenvalue weighted by atomic mass is 10.3. The Morgan fingerprint density at radius 2 is 2.00 bits per heavy atom. The van der Waals surface area contributed by atoms with E-state index >= 15 is 0 Å². The quantitative estimate of drug-likeness (QED) is 0.762. The summed E-state index contributed by atoms with van der Waals surface area (Å²) in [6.45, 7) is 2.18. The van der Waals surface area contributed by atoms with Gasteiger partial charge in [-0.15, -0.1) is 0 Å². The summed E-state index contributed by atoms with van der Waals surface area (Å²) in [5.41, 5.74) is 1.30. The summed E-state index contributed by atoms with van der Waals surface area (Å²) >= 11 is 0. The maximum atomic E-state index is 3.52. The fourth-order valence-electron chi connectivity index (χ4n) is 1.54. The Kier molecular flexibility index (Phi) is 3.04. The predicted molar refractivity (Wildman–Crippen MR) is 60.7 cm³/mol. The third-order valence-electron chi connectivity index (χ3n) is 2.65. The van der Waals surface area contributed by atoms with Gasteiger partial charge in [-0.3, -0.25) is 0 Å². The van der Waals surface area contributed by atoms with E-state index in [1.165, 1.54) is 18.5 Å². The number of hydrogen-bond donors (Lipinski definition) is 1. The van der Waals surface area contributed by atoms with Crippen molar-refractivity contribution >= 4 is 5.69 Å². The van der Waals surface area contributed by atoms with Gasteiger partial charge in [0.05, 0.1) is 0 Å². The SMILES string of the molecule is CN(CCNC1CC1)c1ccccc1. The van der Waals surface area contributed by atoms with E-state index in [2.05, 4.69) is 47.6 Å². The zero-order valence-corrected chi connectivity index (χ0v) is 8.74. The molecule has 2 nitrogen and oxygen atoms in total. The molecule has 76 valence electrons.